The Morgan fingerprint density at radius 1 is 1.25 bits per heavy atom. The zero-order valence-electron chi connectivity index (χ0n) is 14.5. The van der Waals surface area contributed by atoms with Crippen molar-refractivity contribution in [1.29, 1.82) is 0 Å². The van der Waals surface area contributed by atoms with Crippen molar-refractivity contribution in [2.75, 3.05) is 32.5 Å². The van der Waals surface area contributed by atoms with Crippen LogP contribution in [0.3, 0.4) is 0 Å². The number of amides is 3. The molecule has 3 rings (SSSR count). The van der Waals surface area contributed by atoms with Crippen molar-refractivity contribution >= 4 is 17.6 Å². The Bertz CT molecular complexity index is 614. The monoisotopic (exact) mass is 331 g/mol. The van der Waals surface area contributed by atoms with E-state index in [-0.39, 0.29) is 30.1 Å². The Morgan fingerprint density at radius 3 is 2.58 bits per heavy atom. The number of morpholine rings is 1. The van der Waals surface area contributed by atoms with Crippen LogP contribution in [-0.2, 0) is 16.0 Å². The van der Waals surface area contributed by atoms with Crippen LogP contribution in [0.25, 0.3) is 0 Å². The highest BCUT2D eigenvalue weighted by atomic mass is 16.5. The number of ether oxygens (including phenoxy) is 1. The number of hydrogen-bond donors (Lipinski definition) is 1. The fraction of sp³-hybridized carbons (Fsp3) is 0.556. The first kappa shape index (κ1) is 16.8. The second kappa shape index (κ2) is 6.81. The number of anilines is 1. The van der Waals surface area contributed by atoms with Gasteiger partial charge in [0.05, 0.1) is 18.1 Å². The van der Waals surface area contributed by atoms with E-state index in [1.807, 2.05) is 24.3 Å². The van der Waals surface area contributed by atoms with Crippen LogP contribution < -0.4 is 5.32 Å². The minimum atomic E-state index is -0.202. The molecule has 0 unspecified atom stereocenters. The van der Waals surface area contributed by atoms with Gasteiger partial charge in [0.2, 0.25) is 5.91 Å². The summed E-state index contributed by atoms with van der Waals surface area (Å²) in [6.45, 7) is 3.09. The van der Waals surface area contributed by atoms with Gasteiger partial charge in [-0.3, -0.25) is 4.79 Å². The van der Waals surface area contributed by atoms with Gasteiger partial charge < -0.3 is 19.9 Å². The van der Waals surface area contributed by atoms with Gasteiger partial charge in [0.25, 0.3) is 0 Å². The molecule has 2 aliphatic rings. The van der Waals surface area contributed by atoms with Crippen LogP contribution in [0.1, 0.15) is 18.9 Å². The second-order valence-corrected chi connectivity index (χ2v) is 6.76. The van der Waals surface area contributed by atoms with Crippen molar-refractivity contribution in [3.63, 3.8) is 0 Å². The highest BCUT2D eigenvalue weighted by Crippen LogP contribution is 2.33. The lowest BCUT2D eigenvalue weighted by Gasteiger charge is -2.33. The van der Waals surface area contributed by atoms with Crippen LogP contribution in [-0.4, -0.2) is 61.1 Å². The number of nitrogens with zero attached hydrogens (tertiary/aromatic N) is 2. The molecule has 1 aromatic rings. The molecule has 1 aromatic carbocycles. The fourth-order valence-corrected chi connectivity index (χ4v) is 3.44. The Hall–Kier alpha value is -2.08. The number of carbonyl (C=O) groups excluding carboxylic acids is 2. The van der Waals surface area contributed by atoms with Gasteiger partial charge in [0.1, 0.15) is 0 Å². The van der Waals surface area contributed by atoms with Crippen molar-refractivity contribution in [2.45, 2.75) is 32.0 Å². The third-order valence-electron chi connectivity index (χ3n) is 4.82. The fourth-order valence-electron chi connectivity index (χ4n) is 3.44. The van der Waals surface area contributed by atoms with Gasteiger partial charge in [-0.1, -0.05) is 19.1 Å². The third-order valence-corrected chi connectivity index (χ3v) is 4.82. The van der Waals surface area contributed by atoms with E-state index in [4.69, 9.17) is 4.74 Å². The zero-order chi connectivity index (χ0) is 17.3. The average molecular weight is 331 g/mol. The summed E-state index contributed by atoms with van der Waals surface area (Å²) in [7, 11) is 3.52. The summed E-state index contributed by atoms with van der Waals surface area (Å²) >= 11 is 0. The first-order valence-electron chi connectivity index (χ1n) is 8.49. The SMILES string of the molecule is CCc1ccc(NC(=O)N2C[C@H]3C[C@H](C(=O)N(C)C)[C@@H](C2)O3)cc1. The Morgan fingerprint density at radius 2 is 1.96 bits per heavy atom. The van der Waals surface area contributed by atoms with Gasteiger partial charge >= 0.3 is 6.03 Å². The zero-order valence-corrected chi connectivity index (χ0v) is 14.5. The van der Waals surface area contributed by atoms with E-state index in [2.05, 4.69) is 12.2 Å². The summed E-state index contributed by atoms with van der Waals surface area (Å²) < 4.78 is 5.87. The van der Waals surface area contributed by atoms with Crippen molar-refractivity contribution < 1.29 is 14.3 Å². The molecule has 0 aromatic heterocycles. The number of rotatable bonds is 3. The first-order valence-corrected chi connectivity index (χ1v) is 8.49. The number of carbonyl (C=O) groups is 2. The average Bonchev–Trinajstić information content (AvgIpc) is 2.88. The van der Waals surface area contributed by atoms with Gasteiger partial charge in [-0.15, -0.1) is 0 Å². The quantitative estimate of drug-likeness (QED) is 0.921. The molecule has 2 heterocycles. The Balaban J connectivity index is 1.62. The number of benzene rings is 1. The predicted octanol–water partition coefficient (Wildman–Crippen LogP) is 1.96. The summed E-state index contributed by atoms with van der Waals surface area (Å²) in [4.78, 5) is 28.1. The molecule has 24 heavy (non-hydrogen) atoms. The topological polar surface area (TPSA) is 61.9 Å². The van der Waals surface area contributed by atoms with Crippen LogP contribution in [0.2, 0.25) is 0 Å². The molecule has 2 aliphatic heterocycles. The van der Waals surface area contributed by atoms with Gasteiger partial charge in [-0.2, -0.15) is 0 Å². The number of fused-ring (bicyclic) bond motifs is 2. The van der Waals surface area contributed by atoms with E-state index in [0.29, 0.717) is 19.5 Å². The van der Waals surface area contributed by atoms with Gasteiger partial charge in [-0.05, 0) is 30.5 Å². The van der Waals surface area contributed by atoms with Crippen molar-refractivity contribution in [2.24, 2.45) is 5.92 Å². The molecule has 3 atom stereocenters. The van der Waals surface area contributed by atoms with Gasteiger partial charge in [0, 0.05) is 32.9 Å². The molecular formula is C18H25N3O3. The number of likely N-dealkylation sites (tertiary alicyclic amines) is 1. The normalized spacial score (nSPS) is 25.5. The highest BCUT2D eigenvalue weighted by Gasteiger charge is 2.46. The maximum absolute atomic E-state index is 12.5. The van der Waals surface area contributed by atoms with Crippen LogP contribution in [0.5, 0.6) is 0 Å². The molecule has 0 aliphatic carbocycles. The molecule has 130 valence electrons. The standard InChI is InChI=1S/C18H25N3O3/c1-4-12-5-7-13(8-6-12)19-18(23)21-10-14-9-15(16(11-21)24-14)17(22)20(2)3/h5-8,14-16H,4,9-11H2,1-3H3,(H,19,23)/t14-,15+,16-/m1/s1. The summed E-state index contributed by atoms with van der Waals surface area (Å²) in [6, 6.07) is 7.75. The minimum absolute atomic E-state index is 0.0501. The highest BCUT2D eigenvalue weighted by molar-refractivity contribution is 5.89. The lowest BCUT2D eigenvalue weighted by molar-refractivity contribution is -0.135. The molecule has 2 bridgehead atoms. The predicted molar refractivity (Wildman–Crippen MR) is 91.9 cm³/mol. The van der Waals surface area contributed by atoms with Crippen LogP contribution in [0.4, 0.5) is 10.5 Å². The molecule has 6 nitrogen and oxygen atoms in total. The molecule has 2 fully saturated rings. The molecule has 0 radical (unpaired) electrons. The molecule has 1 N–H and O–H groups in total. The Kier molecular flexibility index (Phi) is 4.76. The summed E-state index contributed by atoms with van der Waals surface area (Å²) in [5, 5.41) is 2.93. The second-order valence-electron chi connectivity index (χ2n) is 6.76. The van der Waals surface area contributed by atoms with Gasteiger partial charge in [-0.25, -0.2) is 4.79 Å². The van der Waals surface area contributed by atoms with Crippen LogP contribution >= 0.6 is 0 Å². The number of aryl methyl sites for hydroxylation is 1. The molecule has 6 heteroatoms. The van der Waals surface area contributed by atoms with Crippen molar-refractivity contribution in [3.05, 3.63) is 29.8 Å². The van der Waals surface area contributed by atoms with E-state index in [0.717, 1.165) is 12.1 Å². The van der Waals surface area contributed by atoms with E-state index >= 15 is 0 Å². The maximum Gasteiger partial charge on any atom is 0.322 e. The maximum atomic E-state index is 12.5. The largest absolute Gasteiger partial charge is 0.370 e. The van der Waals surface area contributed by atoms with E-state index in [9.17, 15) is 9.59 Å². The van der Waals surface area contributed by atoms with E-state index in [1.165, 1.54) is 5.56 Å². The van der Waals surface area contributed by atoms with Crippen molar-refractivity contribution in [3.8, 4) is 0 Å². The first-order chi connectivity index (χ1) is 11.5. The molecule has 3 amide bonds. The summed E-state index contributed by atoms with van der Waals surface area (Å²) in [5.41, 5.74) is 2.03. The Labute approximate surface area is 142 Å². The molecule has 0 spiro atoms. The van der Waals surface area contributed by atoms with Crippen molar-refractivity contribution in [1.82, 2.24) is 9.80 Å². The number of hydrogen-bond acceptors (Lipinski definition) is 3. The van der Waals surface area contributed by atoms with Crippen LogP contribution in [0, 0.1) is 5.92 Å². The lowest BCUT2D eigenvalue weighted by atomic mass is 9.99. The van der Waals surface area contributed by atoms with E-state index < -0.39 is 0 Å². The van der Waals surface area contributed by atoms with Gasteiger partial charge in [0.15, 0.2) is 0 Å². The smallest absolute Gasteiger partial charge is 0.322 e. The van der Waals surface area contributed by atoms with E-state index in [1.54, 1.807) is 23.9 Å². The summed E-state index contributed by atoms with van der Waals surface area (Å²) in [5.74, 6) is -0.0634. The minimum Gasteiger partial charge on any atom is -0.370 e. The number of nitrogens with one attached hydrogen (secondary N) is 1. The third kappa shape index (κ3) is 3.38. The molecular weight excluding hydrogens is 306 g/mol. The van der Waals surface area contributed by atoms with Crippen LogP contribution in [0.15, 0.2) is 24.3 Å². The molecule has 2 saturated heterocycles. The summed E-state index contributed by atoms with van der Waals surface area (Å²) in [6.07, 6.45) is 1.41. The molecule has 0 saturated carbocycles. The lowest BCUT2D eigenvalue weighted by Crippen LogP contribution is -2.49. The number of urea groups is 1.